The highest BCUT2D eigenvalue weighted by Gasteiger charge is 2.40. The Balaban J connectivity index is 2.74. The van der Waals surface area contributed by atoms with Crippen LogP contribution < -0.4 is 0 Å². The summed E-state index contributed by atoms with van der Waals surface area (Å²) in [6, 6.07) is 0. The smallest absolute Gasteiger partial charge is 0.192 e. The Morgan fingerprint density at radius 3 is 2.47 bits per heavy atom. The van der Waals surface area contributed by atoms with Crippen LogP contribution in [0.15, 0.2) is 12.2 Å². The Morgan fingerprint density at radius 2 is 2.00 bits per heavy atom. The van der Waals surface area contributed by atoms with Gasteiger partial charge >= 0.3 is 0 Å². The fraction of sp³-hybridized carbons (Fsp3) is 0.786. The Morgan fingerprint density at radius 1 is 1.41 bits per heavy atom. The van der Waals surface area contributed by atoms with Crippen LogP contribution in [0.3, 0.4) is 0 Å². The van der Waals surface area contributed by atoms with E-state index in [1.165, 1.54) is 0 Å². The van der Waals surface area contributed by atoms with Crippen molar-refractivity contribution >= 4 is 14.6 Å². The van der Waals surface area contributed by atoms with Crippen molar-refractivity contribution in [2.45, 2.75) is 64.8 Å². The quantitative estimate of drug-likeness (QED) is 0.433. The summed E-state index contributed by atoms with van der Waals surface area (Å²) in [5.41, 5.74) is -0.234. The number of aldehydes is 1. The maximum Gasteiger partial charge on any atom is 0.192 e. The molecule has 0 N–H and O–H groups in total. The number of rotatable bonds is 3. The first-order valence-electron chi connectivity index (χ1n) is 6.40. The van der Waals surface area contributed by atoms with Gasteiger partial charge in [0.15, 0.2) is 8.32 Å². The largest absolute Gasteiger partial charge is 0.411 e. The second kappa shape index (κ2) is 4.69. The summed E-state index contributed by atoms with van der Waals surface area (Å²) in [6.45, 7) is 13.3. The van der Waals surface area contributed by atoms with Crippen LogP contribution in [0.4, 0.5) is 0 Å². The minimum atomic E-state index is -1.73. The standard InChI is InChI=1S/C14H26O2Si/c1-13(2,3)17(5,6)16-12-8-7-9-14(4,10-12)11-15/h7-8,11-12H,9-10H2,1-6H3/t12-,14+/m1/s1. The lowest BCUT2D eigenvalue weighted by Gasteiger charge is -2.41. The molecule has 0 radical (unpaired) electrons. The first-order chi connectivity index (χ1) is 7.60. The van der Waals surface area contributed by atoms with E-state index in [1.54, 1.807) is 0 Å². The number of allylic oxidation sites excluding steroid dienone is 1. The average Bonchev–Trinajstić information content (AvgIpc) is 2.15. The van der Waals surface area contributed by atoms with Crippen LogP contribution in [-0.4, -0.2) is 20.7 Å². The van der Waals surface area contributed by atoms with E-state index >= 15 is 0 Å². The summed E-state index contributed by atoms with van der Waals surface area (Å²) >= 11 is 0. The molecule has 0 spiro atoms. The third-order valence-corrected chi connectivity index (χ3v) is 8.64. The predicted molar refractivity (Wildman–Crippen MR) is 74.6 cm³/mol. The predicted octanol–water partition coefficient (Wildman–Crippen LogP) is 3.93. The fourth-order valence-electron chi connectivity index (χ4n) is 1.83. The fourth-order valence-corrected chi connectivity index (χ4v) is 3.10. The Kier molecular flexibility index (Phi) is 4.04. The zero-order valence-electron chi connectivity index (χ0n) is 12.0. The molecule has 1 aliphatic rings. The molecule has 0 amide bonds. The van der Waals surface area contributed by atoms with Gasteiger partial charge in [0, 0.05) is 5.41 Å². The SMILES string of the molecule is CC(C)(C)[Si](C)(C)O[C@@H]1C=CC[C@](C)(C=O)C1. The van der Waals surface area contributed by atoms with E-state index in [9.17, 15) is 4.79 Å². The molecule has 1 aliphatic carbocycles. The average molecular weight is 254 g/mol. The Hall–Kier alpha value is -0.413. The lowest BCUT2D eigenvalue weighted by molar-refractivity contribution is -0.116. The molecule has 0 aromatic rings. The van der Waals surface area contributed by atoms with Crippen molar-refractivity contribution in [2.75, 3.05) is 0 Å². The summed E-state index contributed by atoms with van der Waals surface area (Å²) in [7, 11) is -1.73. The molecule has 0 aromatic heterocycles. The van der Waals surface area contributed by atoms with E-state index in [1.807, 2.05) is 6.92 Å². The van der Waals surface area contributed by atoms with Gasteiger partial charge in [-0.1, -0.05) is 39.8 Å². The second-order valence-electron chi connectivity index (χ2n) is 7.02. The van der Waals surface area contributed by atoms with Crippen LogP contribution in [0.1, 0.15) is 40.5 Å². The lowest BCUT2D eigenvalue weighted by atomic mass is 9.79. The number of hydrogen-bond donors (Lipinski definition) is 0. The molecule has 98 valence electrons. The van der Waals surface area contributed by atoms with Crippen molar-refractivity contribution in [3.05, 3.63) is 12.2 Å². The van der Waals surface area contributed by atoms with Crippen LogP contribution in [-0.2, 0) is 9.22 Å². The van der Waals surface area contributed by atoms with Gasteiger partial charge in [-0.2, -0.15) is 0 Å². The lowest BCUT2D eigenvalue weighted by Crippen LogP contribution is -2.45. The van der Waals surface area contributed by atoms with Crippen molar-refractivity contribution in [2.24, 2.45) is 5.41 Å². The van der Waals surface area contributed by atoms with E-state index in [4.69, 9.17) is 4.43 Å². The van der Waals surface area contributed by atoms with Gasteiger partial charge in [0.1, 0.15) is 6.29 Å². The van der Waals surface area contributed by atoms with Crippen LogP contribution in [0, 0.1) is 5.41 Å². The molecule has 0 unspecified atom stereocenters. The first-order valence-corrected chi connectivity index (χ1v) is 9.31. The molecule has 2 atom stereocenters. The van der Waals surface area contributed by atoms with Crippen molar-refractivity contribution in [3.63, 3.8) is 0 Å². The highest BCUT2D eigenvalue weighted by Crippen LogP contribution is 2.40. The van der Waals surface area contributed by atoms with Gasteiger partial charge < -0.3 is 9.22 Å². The number of hydrogen-bond acceptors (Lipinski definition) is 2. The van der Waals surface area contributed by atoms with E-state index < -0.39 is 8.32 Å². The summed E-state index contributed by atoms with van der Waals surface area (Å²) in [5, 5.41) is 0.218. The first kappa shape index (κ1) is 14.6. The molecule has 0 aliphatic heterocycles. The molecular weight excluding hydrogens is 228 g/mol. The molecule has 0 aromatic carbocycles. The van der Waals surface area contributed by atoms with Gasteiger partial charge in [0.25, 0.3) is 0 Å². The summed E-state index contributed by atoms with van der Waals surface area (Å²) < 4.78 is 6.33. The van der Waals surface area contributed by atoms with Crippen LogP contribution in [0.5, 0.6) is 0 Å². The molecule has 17 heavy (non-hydrogen) atoms. The third-order valence-electron chi connectivity index (χ3n) is 4.14. The van der Waals surface area contributed by atoms with E-state index in [0.29, 0.717) is 0 Å². The van der Waals surface area contributed by atoms with Crippen molar-refractivity contribution in [3.8, 4) is 0 Å². The molecule has 0 saturated carbocycles. The second-order valence-corrected chi connectivity index (χ2v) is 11.8. The van der Waals surface area contributed by atoms with Crippen molar-refractivity contribution in [1.29, 1.82) is 0 Å². The molecule has 2 nitrogen and oxygen atoms in total. The molecule has 0 heterocycles. The molecular formula is C14H26O2Si. The minimum Gasteiger partial charge on any atom is -0.411 e. The summed E-state index contributed by atoms with van der Waals surface area (Å²) in [4.78, 5) is 11.1. The van der Waals surface area contributed by atoms with Gasteiger partial charge in [-0.15, -0.1) is 0 Å². The number of carbonyl (C=O) groups excluding carboxylic acids is 1. The van der Waals surface area contributed by atoms with Crippen LogP contribution in [0.2, 0.25) is 18.1 Å². The normalized spacial score (nSPS) is 30.4. The van der Waals surface area contributed by atoms with Gasteiger partial charge in [-0.3, -0.25) is 0 Å². The Labute approximate surface area is 107 Å². The maximum atomic E-state index is 11.1. The zero-order chi connectivity index (χ0) is 13.3. The summed E-state index contributed by atoms with van der Waals surface area (Å²) in [6.07, 6.45) is 7.08. The minimum absolute atomic E-state index is 0.111. The van der Waals surface area contributed by atoms with E-state index in [2.05, 4.69) is 46.0 Å². The number of carbonyl (C=O) groups is 1. The van der Waals surface area contributed by atoms with Crippen molar-refractivity contribution < 1.29 is 9.22 Å². The van der Waals surface area contributed by atoms with E-state index in [0.717, 1.165) is 19.1 Å². The van der Waals surface area contributed by atoms with Gasteiger partial charge in [-0.25, -0.2) is 0 Å². The summed E-state index contributed by atoms with van der Waals surface area (Å²) in [5.74, 6) is 0. The highest BCUT2D eigenvalue weighted by molar-refractivity contribution is 6.74. The maximum absolute atomic E-state index is 11.1. The highest BCUT2D eigenvalue weighted by atomic mass is 28.4. The Bertz CT molecular complexity index is 315. The topological polar surface area (TPSA) is 26.3 Å². The molecule has 0 bridgehead atoms. The van der Waals surface area contributed by atoms with Crippen LogP contribution in [0.25, 0.3) is 0 Å². The molecule has 0 saturated heterocycles. The molecule has 3 heteroatoms. The zero-order valence-corrected chi connectivity index (χ0v) is 13.0. The van der Waals surface area contributed by atoms with E-state index in [-0.39, 0.29) is 16.6 Å². The van der Waals surface area contributed by atoms with Gasteiger partial charge in [0.2, 0.25) is 0 Å². The monoisotopic (exact) mass is 254 g/mol. The van der Waals surface area contributed by atoms with Crippen molar-refractivity contribution in [1.82, 2.24) is 0 Å². The van der Waals surface area contributed by atoms with Gasteiger partial charge in [-0.05, 0) is 31.0 Å². The molecule has 1 rings (SSSR count). The van der Waals surface area contributed by atoms with Gasteiger partial charge in [0.05, 0.1) is 6.10 Å². The third kappa shape index (κ3) is 3.52. The van der Waals surface area contributed by atoms with Crippen LogP contribution >= 0.6 is 0 Å². The molecule has 0 fully saturated rings.